The van der Waals surface area contributed by atoms with Crippen LogP contribution in [0, 0.1) is 11.8 Å². The number of carbonyl (C=O) groups excluding carboxylic acids is 2. The summed E-state index contributed by atoms with van der Waals surface area (Å²) in [5, 5.41) is 2.64. The van der Waals surface area contributed by atoms with Crippen LogP contribution in [0.4, 0.5) is 4.79 Å². The van der Waals surface area contributed by atoms with Gasteiger partial charge in [0.05, 0.1) is 5.56 Å². The van der Waals surface area contributed by atoms with E-state index in [2.05, 4.69) is 17.2 Å². The number of esters is 1. The number of hydrogen-bond donors (Lipinski definition) is 1. The fraction of sp³-hybridized carbons (Fsp3) is 0.500. The molecule has 1 amide bonds. The van der Waals surface area contributed by atoms with Crippen LogP contribution in [0.1, 0.15) is 63.9 Å². The molecule has 0 unspecified atom stereocenters. The number of nitrogens with one attached hydrogen (secondary N) is 1. The summed E-state index contributed by atoms with van der Waals surface area (Å²) in [5.41, 5.74) is -0.0455. The highest BCUT2D eigenvalue weighted by molar-refractivity contribution is 5.92. The van der Waals surface area contributed by atoms with E-state index in [9.17, 15) is 9.59 Å². The van der Waals surface area contributed by atoms with Gasteiger partial charge in [0.2, 0.25) is 0 Å². The van der Waals surface area contributed by atoms with Gasteiger partial charge in [-0.1, -0.05) is 24.0 Å². The highest BCUT2D eigenvalue weighted by Crippen LogP contribution is 2.15. The molecule has 1 rings (SSSR count). The van der Waals surface area contributed by atoms with E-state index in [0.29, 0.717) is 24.1 Å². The van der Waals surface area contributed by atoms with E-state index in [1.807, 2.05) is 26.8 Å². The monoisotopic (exact) mass is 345 g/mol. The first-order valence-electron chi connectivity index (χ1n) is 8.26. The van der Waals surface area contributed by atoms with E-state index >= 15 is 0 Å². The standard InChI is InChI=1S/C20H27NO4/c1-19(2,3)24-17(22)16-13-8-7-11-15(16)12-9-10-14-21-18(23)25-20(4,5)6/h7-8,11,13H,10,14H2,1-6H3,(H,21,23). The van der Waals surface area contributed by atoms with Crippen molar-refractivity contribution in [3.63, 3.8) is 0 Å². The van der Waals surface area contributed by atoms with Crippen molar-refractivity contribution in [2.75, 3.05) is 6.54 Å². The Bertz CT molecular complexity index is 669. The molecule has 0 aromatic heterocycles. The van der Waals surface area contributed by atoms with E-state index in [-0.39, 0.29) is 0 Å². The van der Waals surface area contributed by atoms with Crippen LogP contribution in [0.3, 0.4) is 0 Å². The topological polar surface area (TPSA) is 64.6 Å². The quantitative estimate of drug-likeness (QED) is 0.512. The largest absolute Gasteiger partial charge is 0.456 e. The maximum Gasteiger partial charge on any atom is 0.407 e. The molecule has 1 N–H and O–H groups in total. The zero-order chi connectivity index (χ0) is 19.1. The van der Waals surface area contributed by atoms with Gasteiger partial charge >= 0.3 is 12.1 Å². The van der Waals surface area contributed by atoms with Crippen molar-refractivity contribution in [2.24, 2.45) is 0 Å². The normalized spacial score (nSPS) is 11.1. The first-order valence-corrected chi connectivity index (χ1v) is 8.26. The summed E-state index contributed by atoms with van der Waals surface area (Å²) in [6.07, 6.45) is -0.0227. The Morgan fingerprint density at radius 2 is 1.60 bits per heavy atom. The number of alkyl carbamates (subject to hydrolysis) is 1. The highest BCUT2D eigenvalue weighted by Gasteiger charge is 2.19. The number of amides is 1. The van der Waals surface area contributed by atoms with Crippen LogP contribution in [0.2, 0.25) is 0 Å². The minimum atomic E-state index is -0.561. The zero-order valence-electron chi connectivity index (χ0n) is 15.9. The van der Waals surface area contributed by atoms with Gasteiger partial charge in [-0.15, -0.1) is 0 Å². The molecule has 1 aromatic carbocycles. The van der Waals surface area contributed by atoms with Crippen molar-refractivity contribution in [3.05, 3.63) is 35.4 Å². The molecule has 0 aliphatic carbocycles. The first-order chi connectivity index (χ1) is 11.5. The first kappa shape index (κ1) is 20.6. The molecule has 0 spiro atoms. The summed E-state index contributed by atoms with van der Waals surface area (Å²) in [4.78, 5) is 23.8. The fourth-order valence-corrected chi connectivity index (χ4v) is 1.80. The van der Waals surface area contributed by atoms with Gasteiger partial charge in [-0.25, -0.2) is 9.59 Å². The van der Waals surface area contributed by atoms with Crippen molar-refractivity contribution >= 4 is 12.1 Å². The second kappa shape index (κ2) is 8.57. The average molecular weight is 345 g/mol. The minimum Gasteiger partial charge on any atom is -0.456 e. The number of hydrogen-bond acceptors (Lipinski definition) is 4. The lowest BCUT2D eigenvalue weighted by Crippen LogP contribution is -2.32. The number of rotatable bonds is 3. The second-order valence-electron chi connectivity index (χ2n) is 7.53. The van der Waals surface area contributed by atoms with Crippen LogP contribution in [0.25, 0.3) is 0 Å². The van der Waals surface area contributed by atoms with Crippen LogP contribution < -0.4 is 5.32 Å². The zero-order valence-corrected chi connectivity index (χ0v) is 15.9. The molecule has 5 nitrogen and oxygen atoms in total. The van der Waals surface area contributed by atoms with Crippen LogP contribution in [-0.2, 0) is 9.47 Å². The predicted octanol–water partition coefficient (Wildman–Crippen LogP) is 3.91. The number of carbonyl (C=O) groups is 2. The smallest absolute Gasteiger partial charge is 0.407 e. The Morgan fingerprint density at radius 3 is 2.20 bits per heavy atom. The summed E-state index contributed by atoms with van der Waals surface area (Å²) in [7, 11) is 0. The second-order valence-corrected chi connectivity index (χ2v) is 7.53. The Morgan fingerprint density at radius 1 is 1.00 bits per heavy atom. The average Bonchev–Trinajstić information content (AvgIpc) is 2.43. The van der Waals surface area contributed by atoms with Gasteiger partial charge in [0.1, 0.15) is 11.2 Å². The lowest BCUT2D eigenvalue weighted by atomic mass is 10.1. The molecule has 0 aliphatic heterocycles. The maximum atomic E-state index is 12.2. The predicted molar refractivity (Wildman–Crippen MR) is 97.3 cm³/mol. The third kappa shape index (κ3) is 8.80. The molecule has 0 saturated heterocycles. The van der Waals surface area contributed by atoms with Gasteiger partial charge in [-0.05, 0) is 53.7 Å². The highest BCUT2D eigenvalue weighted by atomic mass is 16.6. The van der Waals surface area contributed by atoms with Crippen molar-refractivity contribution in [3.8, 4) is 11.8 Å². The van der Waals surface area contributed by atoms with Gasteiger partial charge < -0.3 is 14.8 Å². The summed E-state index contributed by atoms with van der Waals surface area (Å²) in [5.74, 6) is 5.51. The van der Waals surface area contributed by atoms with Crippen LogP contribution in [0.5, 0.6) is 0 Å². The third-order valence-corrected chi connectivity index (χ3v) is 2.69. The fourth-order valence-electron chi connectivity index (χ4n) is 1.80. The van der Waals surface area contributed by atoms with Crippen molar-refractivity contribution < 1.29 is 19.1 Å². The number of benzene rings is 1. The Hall–Kier alpha value is -2.48. The minimum absolute atomic E-state index is 0.372. The van der Waals surface area contributed by atoms with Gasteiger partial charge in [0.25, 0.3) is 0 Å². The summed E-state index contributed by atoms with van der Waals surface area (Å²) in [6.45, 7) is 11.3. The molecular weight excluding hydrogens is 318 g/mol. The Labute approximate surface area is 150 Å². The van der Waals surface area contributed by atoms with E-state index in [1.165, 1.54) is 0 Å². The summed E-state index contributed by atoms with van der Waals surface area (Å²) < 4.78 is 10.5. The van der Waals surface area contributed by atoms with E-state index < -0.39 is 23.3 Å². The molecule has 0 bridgehead atoms. The van der Waals surface area contributed by atoms with E-state index in [0.717, 1.165) is 0 Å². The molecule has 0 atom stereocenters. The Kier molecular flexibility index (Phi) is 7.05. The third-order valence-electron chi connectivity index (χ3n) is 2.69. The van der Waals surface area contributed by atoms with Crippen molar-refractivity contribution in [1.82, 2.24) is 5.32 Å². The summed E-state index contributed by atoms with van der Waals surface area (Å²) >= 11 is 0. The molecule has 1 aromatic rings. The molecule has 25 heavy (non-hydrogen) atoms. The SMILES string of the molecule is CC(C)(C)OC(=O)NCCC#Cc1ccccc1C(=O)OC(C)(C)C. The van der Waals surface area contributed by atoms with Crippen LogP contribution in [-0.4, -0.2) is 29.8 Å². The molecule has 0 radical (unpaired) electrons. The van der Waals surface area contributed by atoms with Crippen LogP contribution in [0.15, 0.2) is 24.3 Å². The van der Waals surface area contributed by atoms with Crippen molar-refractivity contribution in [1.29, 1.82) is 0 Å². The van der Waals surface area contributed by atoms with Gasteiger partial charge in [-0.2, -0.15) is 0 Å². The lowest BCUT2D eigenvalue weighted by molar-refractivity contribution is 0.00689. The molecule has 0 saturated carbocycles. The molecule has 0 aliphatic rings. The van der Waals surface area contributed by atoms with Crippen molar-refractivity contribution in [2.45, 2.75) is 59.2 Å². The lowest BCUT2D eigenvalue weighted by Gasteiger charge is -2.19. The van der Waals surface area contributed by atoms with E-state index in [1.54, 1.807) is 39.0 Å². The van der Waals surface area contributed by atoms with Crippen LogP contribution >= 0.6 is 0 Å². The van der Waals surface area contributed by atoms with E-state index in [4.69, 9.17) is 9.47 Å². The molecule has 136 valence electrons. The summed E-state index contributed by atoms with van der Waals surface area (Å²) in [6, 6.07) is 7.05. The van der Waals surface area contributed by atoms with Gasteiger partial charge in [0.15, 0.2) is 0 Å². The molecule has 0 heterocycles. The maximum absolute atomic E-state index is 12.2. The molecule has 0 fully saturated rings. The number of ether oxygens (including phenoxy) is 2. The Balaban J connectivity index is 2.63. The molecule has 5 heteroatoms. The molecular formula is C20H27NO4. The van der Waals surface area contributed by atoms with Gasteiger partial charge in [-0.3, -0.25) is 0 Å². The van der Waals surface area contributed by atoms with Gasteiger partial charge in [0, 0.05) is 18.5 Å².